The Labute approximate surface area is 239 Å². The maximum atomic E-state index is 13.6. The normalized spacial score (nSPS) is 26.6. The van der Waals surface area contributed by atoms with Gasteiger partial charge in [0.15, 0.2) is 0 Å². The van der Waals surface area contributed by atoms with Crippen molar-refractivity contribution < 1.29 is 24.2 Å². The molecule has 1 aromatic carbocycles. The lowest BCUT2D eigenvalue weighted by Crippen LogP contribution is -2.50. The van der Waals surface area contributed by atoms with Gasteiger partial charge in [-0.1, -0.05) is 87.4 Å². The minimum atomic E-state index is -0.557. The van der Waals surface area contributed by atoms with Crippen LogP contribution in [0.2, 0.25) is 0 Å². The van der Waals surface area contributed by atoms with Crippen molar-refractivity contribution in [2.24, 2.45) is 17.8 Å². The summed E-state index contributed by atoms with van der Waals surface area (Å²) in [6, 6.07) is 9.76. The van der Waals surface area contributed by atoms with Crippen LogP contribution in [0.3, 0.4) is 0 Å². The second-order valence-corrected chi connectivity index (χ2v) is 12.3. The molecule has 1 aromatic rings. The molecule has 4 rings (SSSR count). The van der Waals surface area contributed by atoms with Gasteiger partial charge in [0.2, 0.25) is 11.8 Å². The number of ether oxygens (including phenoxy) is 1. The van der Waals surface area contributed by atoms with Crippen LogP contribution < -0.4 is 10.6 Å². The third-order valence-electron chi connectivity index (χ3n) is 9.11. The van der Waals surface area contributed by atoms with Crippen LogP contribution in [0.5, 0.6) is 0 Å². The number of carbonyl (C=O) groups is 3. The highest BCUT2D eigenvalue weighted by atomic mass is 16.5. The van der Waals surface area contributed by atoms with Crippen molar-refractivity contribution in [3.05, 3.63) is 48.0 Å². The smallest absolute Gasteiger partial charge is 0.309 e. The third-order valence-corrected chi connectivity index (χ3v) is 9.11. The Balaban J connectivity index is 1.47. The van der Waals surface area contributed by atoms with E-state index in [0.29, 0.717) is 31.6 Å². The minimum absolute atomic E-state index is 0.0739. The molecule has 2 fully saturated rings. The molecule has 2 aliphatic carbocycles. The van der Waals surface area contributed by atoms with Crippen molar-refractivity contribution in [2.45, 2.75) is 108 Å². The Morgan fingerprint density at radius 2 is 1.73 bits per heavy atom. The highest BCUT2D eigenvalue weighted by molar-refractivity contribution is 5.86. The molecule has 0 saturated heterocycles. The van der Waals surface area contributed by atoms with E-state index >= 15 is 0 Å². The maximum Gasteiger partial charge on any atom is 0.309 e. The molecule has 3 aliphatic rings. The summed E-state index contributed by atoms with van der Waals surface area (Å²) in [5, 5.41) is 16.2. The van der Waals surface area contributed by atoms with Gasteiger partial charge in [0.25, 0.3) is 0 Å². The average Bonchev–Trinajstić information content (AvgIpc) is 3.43. The number of carbonyl (C=O) groups excluding carboxylic acids is 3. The van der Waals surface area contributed by atoms with Gasteiger partial charge < -0.3 is 20.5 Å². The largest absolute Gasteiger partial charge is 0.463 e. The van der Waals surface area contributed by atoms with E-state index in [-0.39, 0.29) is 49.4 Å². The topological polar surface area (TPSA) is 105 Å². The van der Waals surface area contributed by atoms with E-state index in [1.807, 2.05) is 42.5 Å². The van der Waals surface area contributed by atoms with Gasteiger partial charge in [0, 0.05) is 6.42 Å². The number of aliphatic hydroxyl groups excluding tert-OH is 1. The average molecular weight is 553 g/mol. The molecule has 2 amide bonds. The Hall–Kier alpha value is -2.67. The lowest BCUT2D eigenvalue weighted by molar-refractivity contribution is -0.150. The molecule has 220 valence electrons. The molecular weight excluding hydrogens is 504 g/mol. The first-order chi connectivity index (χ1) is 19.5. The maximum absolute atomic E-state index is 13.6. The number of nitrogens with one attached hydrogen (secondary N) is 2. The van der Waals surface area contributed by atoms with Gasteiger partial charge in [-0.2, -0.15) is 0 Å². The summed E-state index contributed by atoms with van der Waals surface area (Å²) in [5.41, 5.74) is 0.553. The number of hydrogen-bond acceptors (Lipinski definition) is 5. The van der Waals surface area contributed by atoms with Crippen LogP contribution in [-0.2, 0) is 25.5 Å². The molecule has 7 heteroatoms. The van der Waals surface area contributed by atoms with Crippen LogP contribution in [0.15, 0.2) is 42.5 Å². The molecule has 0 radical (unpaired) electrons. The number of rotatable bonds is 8. The Bertz CT molecular complexity index is 982. The van der Waals surface area contributed by atoms with E-state index in [9.17, 15) is 19.5 Å². The predicted octanol–water partition coefficient (Wildman–Crippen LogP) is 5.01. The second kappa shape index (κ2) is 15.4. The van der Waals surface area contributed by atoms with Crippen molar-refractivity contribution in [1.82, 2.24) is 10.6 Å². The van der Waals surface area contributed by atoms with Crippen molar-refractivity contribution in [3.63, 3.8) is 0 Å². The van der Waals surface area contributed by atoms with Crippen molar-refractivity contribution in [2.75, 3.05) is 13.2 Å². The standard InChI is InChI=1S/C33H48N2O5/c36-24-33(18-10-11-19-33)35-30(37)22-27-16-8-3-9-17-28(20-25-12-4-1-5-13-25)32(39)40-23-29(34-31(27)38)21-26-14-6-2-7-15-26/h1,3-5,8,12-13,26-29,36H,2,6-7,9-11,14-24H2,(H,34,38)(H,35,37)/t27-,28-,29+/m1/s1. The zero-order valence-corrected chi connectivity index (χ0v) is 24.0. The number of aliphatic hydroxyl groups is 1. The van der Waals surface area contributed by atoms with E-state index < -0.39 is 11.5 Å². The van der Waals surface area contributed by atoms with Crippen LogP contribution in [0, 0.1) is 17.8 Å². The fourth-order valence-electron chi connectivity index (χ4n) is 6.72. The zero-order valence-electron chi connectivity index (χ0n) is 24.0. The van der Waals surface area contributed by atoms with Crippen LogP contribution in [0.4, 0.5) is 0 Å². The Morgan fingerprint density at radius 1 is 0.975 bits per heavy atom. The summed E-state index contributed by atoms with van der Waals surface area (Å²) in [7, 11) is 0. The molecular formula is C33H48N2O5. The summed E-state index contributed by atoms with van der Waals surface area (Å²) in [6.07, 6.45) is 16.7. The number of hydrogen-bond donors (Lipinski definition) is 3. The molecule has 0 bridgehead atoms. The van der Waals surface area contributed by atoms with E-state index in [0.717, 1.165) is 50.5 Å². The summed E-state index contributed by atoms with van der Waals surface area (Å²) in [4.78, 5) is 39.9. The number of allylic oxidation sites excluding steroid dienone is 2. The van der Waals surface area contributed by atoms with Gasteiger partial charge in [-0.15, -0.1) is 0 Å². The van der Waals surface area contributed by atoms with Gasteiger partial charge >= 0.3 is 5.97 Å². The molecule has 0 unspecified atom stereocenters. The Morgan fingerprint density at radius 3 is 2.45 bits per heavy atom. The molecule has 3 N–H and O–H groups in total. The quantitative estimate of drug-likeness (QED) is 0.311. The van der Waals surface area contributed by atoms with Crippen LogP contribution >= 0.6 is 0 Å². The molecule has 40 heavy (non-hydrogen) atoms. The highest BCUT2D eigenvalue weighted by Crippen LogP contribution is 2.30. The summed E-state index contributed by atoms with van der Waals surface area (Å²) < 4.78 is 5.89. The van der Waals surface area contributed by atoms with Crippen LogP contribution in [-0.4, -0.2) is 47.7 Å². The zero-order chi connectivity index (χ0) is 28.2. The lowest BCUT2D eigenvalue weighted by Gasteiger charge is -2.30. The molecule has 2 saturated carbocycles. The Kier molecular flexibility index (Phi) is 11.6. The molecule has 0 spiro atoms. The first kappa shape index (κ1) is 30.3. The molecule has 1 heterocycles. The van der Waals surface area contributed by atoms with Crippen molar-refractivity contribution >= 4 is 17.8 Å². The summed E-state index contributed by atoms with van der Waals surface area (Å²) >= 11 is 0. The van der Waals surface area contributed by atoms with E-state index in [2.05, 4.69) is 10.6 Å². The van der Waals surface area contributed by atoms with Gasteiger partial charge in [-0.05, 0) is 56.4 Å². The first-order valence-electron chi connectivity index (χ1n) is 15.5. The monoisotopic (exact) mass is 552 g/mol. The van der Waals surface area contributed by atoms with E-state index in [1.165, 1.54) is 19.3 Å². The predicted molar refractivity (Wildman–Crippen MR) is 155 cm³/mol. The van der Waals surface area contributed by atoms with Crippen LogP contribution in [0.25, 0.3) is 0 Å². The van der Waals surface area contributed by atoms with Gasteiger partial charge in [0.1, 0.15) is 6.61 Å². The van der Waals surface area contributed by atoms with Gasteiger partial charge in [-0.3, -0.25) is 14.4 Å². The number of amides is 2. The van der Waals surface area contributed by atoms with E-state index in [4.69, 9.17) is 4.74 Å². The second-order valence-electron chi connectivity index (χ2n) is 12.3. The number of benzene rings is 1. The highest BCUT2D eigenvalue weighted by Gasteiger charge is 2.36. The summed E-state index contributed by atoms with van der Waals surface area (Å²) in [5.74, 6) is -0.823. The van der Waals surface area contributed by atoms with Gasteiger partial charge in [0.05, 0.1) is 30.0 Å². The fraction of sp³-hybridized carbons (Fsp3) is 0.667. The molecule has 3 atom stereocenters. The summed E-state index contributed by atoms with van der Waals surface area (Å²) in [6.45, 7) is 0.0841. The first-order valence-corrected chi connectivity index (χ1v) is 15.5. The molecule has 7 nitrogen and oxygen atoms in total. The molecule has 1 aliphatic heterocycles. The SMILES string of the molecule is O=C(C[C@H]1CC=CCC[C@H](Cc2ccccc2)C(=O)OC[C@H](CC2CCCCC2)NC1=O)NC1(CO)CCCC1. The lowest BCUT2D eigenvalue weighted by atomic mass is 9.84. The van der Waals surface area contributed by atoms with Crippen molar-refractivity contribution in [3.8, 4) is 0 Å². The third kappa shape index (κ3) is 9.18. The molecule has 0 aromatic heterocycles. The van der Waals surface area contributed by atoms with Crippen LogP contribution in [0.1, 0.15) is 95.5 Å². The van der Waals surface area contributed by atoms with Crippen molar-refractivity contribution in [1.29, 1.82) is 0 Å². The van der Waals surface area contributed by atoms with E-state index in [1.54, 1.807) is 0 Å². The minimum Gasteiger partial charge on any atom is -0.463 e. The fourth-order valence-corrected chi connectivity index (χ4v) is 6.72. The number of cyclic esters (lactones) is 1. The van der Waals surface area contributed by atoms with Gasteiger partial charge in [-0.25, -0.2) is 0 Å². The number of esters is 1.